The highest BCUT2D eigenvalue weighted by Crippen LogP contribution is 2.34. The van der Waals surface area contributed by atoms with Gasteiger partial charge in [-0.1, -0.05) is 18.6 Å². The Morgan fingerprint density at radius 2 is 2.07 bits per heavy atom. The Hall–Kier alpha value is -2.06. The molecule has 1 rings (SSSR count). The van der Waals surface area contributed by atoms with E-state index in [1.54, 1.807) is 0 Å². The lowest BCUT2D eigenvalue weighted by Gasteiger charge is -2.35. The summed E-state index contributed by atoms with van der Waals surface area (Å²) in [5, 5.41) is 20.2. The number of aliphatic hydroxyl groups is 1. The molecule has 2 unspecified atom stereocenters. The normalized spacial score (nSPS) is 25.1. The van der Waals surface area contributed by atoms with E-state index in [0.29, 0.717) is 44.1 Å². The van der Waals surface area contributed by atoms with Gasteiger partial charge in [0.15, 0.2) is 0 Å². The Morgan fingerprint density at radius 1 is 1.40 bits per heavy atom. The van der Waals surface area contributed by atoms with Crippen molar-refractivity contribution in [1.29, 1.82) is 0 Å². The first-order valence-electron chi connectivity index (χ1n) is 10.4. The van der Waals surface area contributed by atoms with E-state index in [1.165, 1.54) is 13.0 Å². The number of nitrogens with zero attached hydrogens (tertiary/aromatic N) is 1. The van der Waals surface area contributed by atoms with Crippen LogP contribution in [0.4, 0.5) is 0 Å². The second-order valence-electron chi connectivity index (χ2n) is 8.51. The number of esters is 1. The largest absolute Gasteiger partial charge is 0.459 e. The van der Waals surface area contributed by atoms with Gasteiger partial charge in [0.2, 0.25) is 0 Å². The van der Waals surface area contributed by atoms with Crippen LogP contribution in [0.2, 0.25) is 0 Å². The van der Waals surface area contributed by atoms with Gasteiger partial charge in [-0.25, -0.2) is 0 Å². The molecule has 4 atom stereocenters. The molecule has 1 heterocycles. The fourth-order valence-electron chi connectivity index (χ4n) is 3.49. The third kappa shape index (κ3) is 8.75. The molecule has 0 saturated carbocycles. The Bertz CT molecular complexity index is 681. The van der Waals surface area contributed by atoms with Crippen LogP contribution in [0.5, 0.6) is 0 Å². The number of carbonyl (C=O) groups is 2. The van der Waals surface area contributed by atoms with Gasteiger partial charge in [-0.15, -0.1) is 0 Å². The summed E-state index contributed by atoms with van der Waals surface area (Å²) in [7, 11) is 0. The molecule has 30 heavy (non-hydrogen) atoms. The van der Waals surface area contributed by atoms with E-state index in [9.17, 15) is 24.8 Å². The molecule has 1 N–H and O–H groups in total. The number of Topliss-reactive ketones (excluding diaryl/α,β-unsaturated/α-hetero) is 1. The summed E-state index contributed by atoms with van der Waals surface area (Å²) in [6.45, 7) is 9.16. The summed E-state index contributed by atoms with van der Waals surface area (Å²) in [6, 6.07) is 0. The van der Waals surface area contributed by atoms with Crippen molar-refractivity contribution in [3.8, 4) is 0 Å². The quantitative estimate of drug-likeness (QED) is 0.186. The van der Waals surface area contributed by atoms with Crippen LogP contribution in [0.25, 0.3) is 0 Å². The molecular weight excluding hydrogens is 390 g/mol. The highest BCUT2D eigenvalue weighted by Gasteiger charge is 2.39. The van der Waals surface area contributed by atoms with Gasteiger partial charge < -0.3 is 14.6 Å². The monoisotopic (exact) mass is 425 g/mol. The second kappa shape index (κ2) is 12.0. The molecule has 0 bridgehead atoms. The maximum Gasteiger partial charge on any atom is 0.333 e. The lowest BCUT2D eigenvalue weighted by Crippen LogP contribution is -2.43. The zero-order valence-corrected chi connectivity index (χ0v) is 18.7. The third-order valence-electron chi connectivity index (χ3n) is 5.48. The van der Waals surface area contributed by atoms with Crippen LogP contribution < -0.4 is 0 Å². The SMILES string of the molecule is CC(=O)O[C@@H]1CCC(=CC(O)[N+](=O)[O-])CO[C@@]1(C)CCCC(C)C(=O)CC=C(C)C. The van der Waals surface area contributed by atoms with Crippen molar-refractivity contribution >= 4 is 11.8 Å². The smallest absolute Gasteiger partial charge is 0.333 e. The van der Waals surface area contributed by atoms with Gasteiger partial charge in [0, 0.05) is 25.3 Å². The molecule has 1 fully saturated rings. The highest BCUT2D eigenvalue weighted by molar-refractivity contribution is 5.82. The van der Waals surface area contributed by atoms with E-state index < -0.39 is 28.8 Å². The molecule has 0 aromatic carbocycles. The van der Waals surface area contributed by atoms with Crippen LogP contribution in [-0.2, 0) is 19.1 Å². The van der Waals surface area contributed by atoms with Gasteiger partial charge in [-0.3, -0.25) is 19.7 Å². The molecule has 1 aliphatic rings. The Kier molecular flexibility index (Phi) is 10.4. The Labute approximate surface area is 178 Å². The van der Waals surface area contributed by atoms with Crippen LogP contribution in [0.3, 0.4) is 0 Å². The number of ether oxygens (including phenoxy) is 2. The minimum Gasteiger partial charge on any atom is -0.459 e. The average molecular weight is 426 g/mol. The van der Waals surface area contributed by atoms with Crippen molar-refractivity contribution in [2.75, 3.05) is 6.61 Å². The van der Waals surface area contributed by atoms with Crippen LogP contribution in [0.1, 0.15) is 73.1 Å². The van der Waals surface area contributed by atoms with Gasteiger partial charge in [-0.05, 0) is 58.4 Å². The van der Waals surface area contributed by atoms with E-state index in [-0.39, 0.29) is 18.3 Å². The van der Waals surface area contributed by atoms with E-state index in [0.717, 1.165) is 5.57 Å². The van der Waals surface area contributed by atoms with Crippen LogP contribution in [0.15, 0.2) is 23.3 Å². The minimum absolute atomic E-state index is 0.0761. The second-order valence-corrected chi connectivity index (χ2v) is 8.51. The third-order valence-corrected chi connectivity index (χ3v) is 5.48. The van der Waals surface area contributed by atoms with Gasteiger partial charge in [0.25, 0.3) is 0 Å². The summed E-state index contributed by atoms with van der Waals surface area (Å²) in [4.78, 5) is 33.8. The molecule has 8 nitrogen and oxygen atoms in total. The van der Waals surface area contributed by atoms with Crippen molar-refractivity contribution in [2.45, 2.75) is 91.1 Å². The van der Waals surface area contributed by atoms with Crippen LogP contribution >= 0.6 is 0 Å². The zero-order valence-electron chi connectivity index (χ0n) is 18.7. The summed E-state index contributed by atoms with van der Waals surface area (Å²) in [6.07, 6.45) is 4.11. The zero-order chi connectivity index (χ0) is 22.9. The van der Waals surface area contributed by atoms with Gasteiger partial charge in [0.1, 0.15) is 17.5 Å². The standard InChI is InChI=1S/C22H35NO7/c1-15(2)8-10-19(25)16(3)7-6-12-22(5)20(30-17(4)24)11-9-18(14-29-22)13-21(26)23(27)28/h8,13,16,20-21,26H,6-7,9-12,14H2,1-5H3/t16?,20-,21?,22+/m1/s1. The molecule has 8 heteroatoms. The summed E-state index contributed by atoms with van der Waals surface area (Å²) >= 11 is 0. The first-order valence-corrected chi connectivity index (χ1v) is 10.4. The summed E-state index contributed by atoms with van der Waals surface area (Å²) in [5.41, 5.74) is 0.944. The van der Waals surface area contributed by atoms with Gasteiger partial charge >= 0.3 is 12.2 Å². The maximum absolute atomic E-state index is 12.2. The van der Waals surface area contributed by atoms with Crippen molar-refractivity contribution in [3.05, 3.63) is 33.4 Å². The molecule has 0 aromatic rings. The lowest BCUT2D eigenvalue weighted by atomic mass is 9.87. The van der Waals surface area contributed by atoms with Crippen molar-refractivity contribution in [2.24, 2.45) is 5.92 Å². The van der Waals surface area contributed by atoms with Crippen molar-refractivity contribution in [1.82, 2.24) is 0 Å². The van der Waals surface area contributed by atoms with E-state index in [2.05, 4.69) is 0 Å². The number of carbonyl (C=O) groups excluding carboxylic acids is 2. The molecule has 0 aromatic heterocycles. The fourth-order valence-corrected chi connectivity index (χ4v) is 3.49. The molecule has 170 valence electrons. The first-order chi connectivity index (χ1) is 13.9. The Morgan fingerprint density at radius 3 is 2.63 bits per heavy atom. The molecular formula is C22H35NO7. The molecule has 0 spiro atoms. The van der Waals surface area contributed by atoms with Crippen molar-refractivity contribution < 1.29 is 29.1 Å². The lowest BCUT2D eigenvalue weighted by molar-refractivity contribution is -0.555. The number of ketones is 1. The summed E-state index contributed by atoms with van der Waals surface area (Å²) in [5.74, 6) is -0.302. The molecule has 1 aliphatic heterocycles. The number of nitro groups is 1. The number of aliphatic hydroxyl groups excluding tert-OH is 1. The number of hydrogen-bond acceptors (Lipinski definition) is 7. The van der Waals surface area contributed by atoms with E-state index in [1.807, 2.05) is 33.8 Å². The van der Waals surface area contributed by atoms with E-state index >= 15 is 0 Å². The molecule has 0 radical (unpaired) electrons. The predicted molar refractivity (Wildman–Crippen MR) is 112 cm³/mol. The van der Waals surface area contributed by atoms with Crippen LogP contribution in [-0.4, -0.2) is 46.3 Å². The fraction of sp³-hybridized carbons (Fsp3) is 0.727. The number of hydrogen-bond donors (Lipinski definition) is 1. The molecule has 0 aliphatic carbocycles. The first kappa shape index (κ1) is 26.0. The Balaban J connectivity index is 2.79. The van der Waals surface area contributed by atoms with Gasteiger partial charge in [0.05, 0.1) is 11.5 Å². The topological polar surface area (TPSA) is 116 Å². The van der Waals surface area contributed by atoms with E-state index in [4.69, 9.17) is 9.47 Å². The van der Waals surface area contributed by atoms with Crippen LogP contribution in [0, 0.1) is 16.0 Å². The van der Waals surface area contributed by atoms with Gasteiger partial charge in [-0.2, -0.15) is 0 Å². The minimum atomic E-state index is -1.78. The summed E-state index contributed by atoms with van der Waals surface area (Å²) < 4.78 is 11.5. The number of allylic oxidation sites excluding steroid dienone is 2. The molecule has 1 saturated heterocycles. The number of rotatable bonds is 10. The predicted octanol–water partition coefficient (Wildman–Crippen LogP) is 3.74. The highest BCUT2D eigenvalue weighted by atomic mass is 16.7. The van der Waals surface area contributed by atoms with Crippen molar-refractivity contribution in [3.63, 3.8) is 0 Å². The molecule has 0 amide bonds. The average Bonchev–Trinajstić information content (AvgIpc) is 2.79. The maximum atomic E-state index is 12.2.